The lowest BCUT2D eigenvalue weighted by Gasteiger charge is -2.50. The highest BCUT2D eigenvalue weighted by atomic mass is 28.3. The zero-order chi connectivity index (χ0) is 12.1. The molecule has 0 amide bonds. The Morgan fingerprint density at radius 1 is 0.933 bits per heavy atom. The zero-order valence-corrected chi connectivity index (χ0v) is 13.0. The van der Waals surface area contributed by atoms with E-state index in [9.17, 15) is 0 Å². The van der Waals surface area contributed by atoms with E-state index in [0.29, 0.717) is 5.04 Å². The predicted octanol–water partition coefficient (Wildman–Crippen LogP) is 4.50. The van der Waals surface area contributed by atoms with E-state index in [1.54, 1.807) is 0 Å². The van der Waals surface area contributed by atoms with Crippen LogP contribution in [0.1, 0.15) is 54.9 Å². The van der Waals surface area contributed by atoms with E-state index in [4.69, 9.17) is 0 Å². The zero-order valence-electron chi connectivity index (χ0n) is 12.0. The average molecular weight is 229 g/mol. The summed E-state index contributed by atoms with van der Waals surface area (Å²) in [5.74, 6) is 0. The molecule has 0 aliphatic rings. The van der Waals surface area contributed by atoms with Crippen molar-refractivity contribution >= 4 is 8.24 Å². The van der Waals surface area contributed by atoms with Crippen molar-refractivity contribution in [2.75, 3.05) is 13.1 Å². The van der Waals surface area contributed by atoms with Gasteiger partial charge in [0.25, 0.3) is 0 Å². The van der Waals surface area contributed by atoms with Crippen LogP contribution in [-0.2, 0) is 0 Å². The SMILES string of the molecule is CCC[Si](CC)(N(CC)CC)C(C)(C)C. The van der Waals surface area contributed by atoms with Gasteiger partial charge in [-0.15, -0.1) is 0 Å². The van der Waals surface area contributed by atoms with Gasteiger partial charge >= 0.3 is 0 Å². The summed E-state index contributed by atoms with van der Waals surface area (Å²) in [6.45, 7) is 19.2. The van der Waals surface area contributed by atoms with Crippen LogP contribution in [-0.4, -0.2) is 25.9 Å². The molecule has 0 aliphatic carbocycles. The third kappa shape index (κ3) is 3.07. The van der Waals surface area contributed by atoms with Gasteiger partial charge in [0.15, 0.2) is 0 Å². The largest absolute Gasteiger partial charge is 0.323 e. The summed E-state index contributed by atoms with van der Waals surface area (Å²) in [6.07, 6.45) is 1.34. The third-order valence-corrected chi connectivity index (χ3v) is 11.1. The van der Waals surface area contributed by atoms with Crippen LogP contribution >= 0.6 is 0 Å². The van der Waals surface area contributed by atoms with E-state index in [1.165, 1.54) is 31.6 Å². The molecule has 0 radical (unpaired) electrons. The van der Waals surface area contributed by atoms with Crippen molar-refractivity contribution in [3.05, 3.63) is 0 Å². The monoisotopic (exact) mass is 229 g/mol. The fourth-order valence-corrected chi connectivity index (χ4v) is 9.09. The van der Waals surface area contributed by atoms with Crippen LogP contribution in [0.3, 0.4) is 0 Å². The highest BCUT2D eigenvalue weighted by Gasteiger charge is 2.45. The molecule has 2 heteroatoms. The van der Waals surface area contributed by atoms with Crippen LogP contribution in [0.2, 0.25) is 17.1 Å². The van der Waals surface area contributed by atoms with Crippen LogP contribution in [0.25, 0.3) is 0 Å². The molecule has 15 heavy (non-hydrogen) atoms. The predicted molar refractivity (Wildman–Crippen MR) is 74.0 cm³/mol. The molecular weight excluding hydrogens is 198 g/mol. The number of hydrogen-bond acceptors (Lipinski definition) is 1. The van der Waals surface area contributed by atoms with E-state index in [2.05, 4.69) is 53.0 Å². The van der Waals surface area contributed by atoms with Crippen LogP contribution in [0.15, 0.2) is 0 Å². The highest BCUT2D eigenvalue weighted by Crippen LogP contribution is 2.44. The minimum Gasteiger partial charge on any atom is -0.323 e. The minimum atomic E-state index is -1.27. The van der Waals surface area contributed by atoms with Crippen molar-refractivity contribution in [3.8, 4) is 0 Å². The first kappa shape index (κ1) is 15.2. The van der Waals surface area contributed by atoms with Crippen molar-refractivity contribution in [3.63, 3.8) is 0 Å². The Hall–Kier alpha value is 0.177. The average Bonchev–Trinajstić information content (AvgIpc) is 2.16. The maximum absolute atomic E-state index is 2.80. The molecule has 0 rings (SSSR count). The lowest BCUT2D eigenvalue weighted by molar-refractivity contribution is 0.422. The molecule has 0 saturated carbocycles. The van der Waals surface area contributed by atoms with Crippen molar-refractivity contribution in [1.82, 2.24) is 4.57 Å². The van der Waals surface area contributed by atoms with Gasteiger partial charge < -0.3 is 4.57 Å². The molecule has 1 unspecified atom stereocenters. The lowest BCUT2D eigenvalue weighted by atomic mass is 10.2. The van der Waals surface area contributed by atoms with Crippen LogP contribution in [0.5, 0.6) is 0 Å². The second-order valence-corrected chi connectivity index (χ2v) is 11.0. The van der Waals surface area contributed by atoms with Gasteiger partial charge in [-0.2, -0.15) is 0 Å². The Balaban J connectivity index is 5.12. The Morgan fingerprint density at radius 3 is 1.60 bits per heavy atom. The molecule has 1 atom stereocenters. The number of rotatable bonds is 6. The fourth-order valence-electron chi connectivity index (χ4n) is 3.18. The second kappa shape index (κ2) is 6.05. The first-order valence-corrected chi connectivity index (χ1v) is 9.00. The van der Waals surface area contributed by atoms with Gasteiger partial charge in [-0.25, -0.2) is 0 Å². The maximum atomic E-state index is 2.80. The Bertz CT molecular complexity index is 170. The summed E-state index contributed by atoms with van der Waals surface area (Å²) < 4.78 is 2.80. The normalized spacial score (nSPS) is 16.8. The van der Waals surface area contributed by atoms with Gasteiger partial charge in [0.2, 0.25) is 0 Å². The molecule has 0 saturated heterocycles. The van der Waals surface area contributed by atoms with E-state index in [1.807, 2.05) is 0 Å². The molecule has 0 spiro atoms. The van der Waals surface area contributed by atoms with Crippen LogP contribution < -0.4 is 0 Å². The van der Waals surface area contributed by atoms with Gasteiger partial charge in [0, 0.05) is 0 Å². The Kier molecular flexibility index (Phi) is 6.12. The molecule has 0 bridgehead atoms. The van der Waals surface area contributed by atoms with Gasteiger partial charge in [0.05, 0.1) is 0 Å². The quantitative estimate of drug-likeness (QED) is 0.606. The van der Waals surface area contributed by atoms with Gasteiger partial charge in [0.1, 0.15) is 8.24 Å². The molecule has 0 aliphatic heterocycles. The Labute approximate surface area is 98.3 Å². The number of nitrogens with zero attached hydrogens (tertiary/aromatic N) is 1. The van der Waals surface area contributed by atoms with Crippen molar-refractivity contribution in [1.29, 1.82) is 0 Å². The molecule has 0 aromatic heterocycles. The molecule has 0 aromatic carbocycles. The summed E-state index contributed by atoms with van der Waals surface area (Å²) in [5.41, 5.74) is 0. The number of hydrogen-bond donors (Lipinski definition) is 0. The smallest absolute Gasteiger partial charge is 0.133 e. The van der Waals surface area contributed by atoms with Gasteiger partial charge in [-0.05, 0) is 30.2 Å². The summed E-state index contributed by atoms with van der Waals surface area (Å²) in [7, 11) is -1.27. The van der Waals surface area contributed by atoms with Crippen molar-refractivity contribution < 1.29 is 0 Å². The molecular formula is C13H31NSi. The Morgan fingerprint density at radius 2 is 1.40 bits per heavy atom. The van der Waals surface area contributed by atoms with E-state index in [0.717, 1.165) is 0 Å². The molecule has 0 aromatic rings. The standard InChI is InChI=1S/C13H31NSi/c1-8-12-15(11-4,13(5,6)7)14(9-2)10-3/h8-12H2,1-7H3. The molecule has 0 fully saturated rings. The fraction of sp³-hybridized carbons (Fsp3) is 1.00. The minimum absolute atomic E-state index is 0.504. The van der Waals surface area contributed by atoms with Crippen molar-refractivity contribution in [2.45, 2.75) is 72.0 Å². The van der Waals surface area contributed by atoms with E-state index in [-0.39, 0.29) is 0 Å². The summed E-state index contributed by atoms with van der Waals surface area (Å²) in [6, 6.07) is 2.85. The maximum Gasteiger partial charge on any atom is 0.133 e. The first-order chi connectivity index (χ1) is 6.89. The summed E-state index contributed by atoms with van der Waals surface area (Å²) in [4.78, 5) is 0. The molecule has 1 nitrogen and oxygen atoms in total. The third-order valence-electron chi connectivity index (χ3n) is 4.01. The summed E-state index contributed by atoms with van der Waals surface area (Å²) in [5, 5.41) is 0.504. The van der Waals surface area contributed by atoms with E-state index >= 15 is 0 Å². The van der Waals surface area contributed by atoms with Crippen molar-refractivity contribution in [2.24, 2.45) is 0 Å². The second-order valence-electron chi connectivity index (χ2n) is 5.56. The van der Waals surface area contributed by atoms with Crippen LogP contribution in [0.4, 0.5) is 0 Å². The van der Waals surface area contributed by atoms with Gasteiger partial charge in [-0.3, -0.25) is 0 Å². The first-order valence-electron chi connectivity index (χ1n) is 6.64. The van der Waals surface area contributed by atoms with E-state index < -0.39 is 8.24 Å². The topological polar surface area (TPSA) is 3.24 Å². The lowest BCUT2D eigenvalue weighted by Crippen LogP contribution is -2.58. The summed E-state index contributed by atoms with van der Waals surface area (Å²) >= 11 is 0. The highest BCUT2D eigenvalue weighted by molar-refractivity contribution is 6.79. The molecule has 0 N–H and O–H groups in total. The molecule has 92 valence electrons. The van der Waals surface area contributed by atoms with Gasteiger partial charge in [-0.1, -0.05) is 54.9 Å². The van der Waals surface area contributed by atoms with Crippen LogP contribution in [0, 0.1) is 0 Å². The molecule has 0 heterocycles.